The summed E-state index contributed by atoms with van der Waals surface area (Å²) in [7, 11) is 0. The Balaban J connectivity index is 1.54. The van der Waals surface area contributed by atoms with Crippen molar-refractivity contribution < 1.29 is 0 Å². The van der Waals surface area contributed by atoms with Gasteiger partial charge in [-0.3, -0.25) is 0 Å². The monoisotopic (exact) mass is 351 g/mol. The molecule has 2 rings (SSSR count). The molecule has 1 aromatic carbocycles. The highest BCUT2D eigenvalue weighted by atomic mass is 14.3. The van der Waals surface area contributed by atoms with Crippen LogP contribution in [0.15, 0.2) is 36.4 Å². The maximum Gasteiger partial charge on any atom is 0.0908 e. The van der Waals surface area contributed by atoms with Crippen molar-refractivity contribution in [3.63, 3.8) is 0 Å². The van der Waals surface area contributed by atoms with Gasteiger partial charge >= 0.3 is 0 Å². The smallest absolute Gasteiger partial charge is 0.0908 e. The molecule has 0 bridgehead atoms. The van der Waals surface area contributed by atoms with Crippen LogP contribution in [0.5, 0.6) is 0 Å². The molecular formula is C25H37N. The van der Waals surface area contributed by atoms with Crippen LogP contribution in [0.25, 0.3) is 0 Å². The molecular weight excluding hydrogens is 314 g/mol. The number of nitriles is 1. The molecule has 0 saturated heterocycles. The number of allylic oxidation sites excluding steroid dienone is 2. The van der Waals surface area contributed by atoms with E-state index in [-0.39, 0.29) is 0 Å². The van der Waals surface area contributed by atoms with Crippen LogP contribution in [0.3, 0.4) is 0 Å². The molecule has 1 aromatic rings. The second-order valence-electron chi connectivity index (χ2n) is 8.16. The van der Waals surface area contributed by atoms with Crippen LogP contribution in [0.1, 0.15) is 88.7 Å². The minimum atomic E-state index is 0.904. The molecule has 0 atom stereocenters. The Morgan fingerprint density at radius 3 is 2.04 bits per heavy atom. The Kier molecular flexibility index (Phi) is 10.2. The van der Waals surface area contributed by atoms with Crippen molar-refractivity contribution in [2.24, 2.45) is 11.8 Å². The Morgan fingerprint density at radius 2 is 1.46 bits per heavy atom. The first kappa shape index (κ1) is 20.8. The van der Waals surface area contributed by atoms with Crippen LogP contribution in [0.2, 0.25) is 0 Å². The second kappa shape index (κ2) is 12.7. The molecule has 0 amide bonds. The van der Waals surface area contributed by atoms with Crippen LogP contribution in [-0.2, 0) is 12.8 Å². The number of hydrogen-bond acceptors (Lipinski definition) is 1. The molecule has 0 N–H and O–H groups in total. The molecule has 0 spiro atoms. The van der Waals surface area contributed by atoms with Gasteiger partial charge in [-0.1, -0.05) is 82.2 Å². The summed E-state index contributed by atoms with van der Waals surface area (Å²) in [5, 5.41) is 8.52. The number of unbranched alkanes of at least 4 members (excludes halogenated alkanes) is 2. The normalized spacial score (nSPS) is 20.3. The molecule has 0 aromatic heterocycles. The van der Waals surface area contributed by atoms with Gasteiger partial charge in [-0.05, 0) is 61.5 Å². The summed E-state index contributed by atoms with van der Waals surface area (Å²) in [6.45, 7) is 2.26. The number of aryl methyl sites for hydroxylation is 2. The van der Waals surface area contributed by atoms with Gasteiger partial charge in [-0.25, -0.2) is 0 Å². The van der Waals surface area contributed by atoms with Gasteiger partial charge in [0, 0.05) is 6.08 Å². The van der Waals surface area contributed by atoms with Gasteiger partial charge in [-0.2, -0.15) is 5.26 Å². The van der Waals surface area contributed by atoms with Crippen molar-refractivity contribution in [3.8, 4) is 6.07 Å². The Hall–Kier alpha value is -1.55. The zero-order chi connectivity index (χ0) is 18.5. The first-order valence-corrected chi connectivity index (χ1v) is 10.9. The predicted molar refractivity (Wildman–Crippen MR) is 112 cm³/mol. The van der Waals surface area contributed by atoms with Gasteiger partial charge in [0.1, 0.15) is 0 Å². The Bertz CT molecular complexity index is 541. The molecule has 1 nitrogen and oxygen atoms in total. The van der Waals surface area contributed by atoms with Gasteiger partial charge in [0.05, 0.1) is 6.07 Å². The van der Waals surface area contributed by atoms with Crippen LogP contribution in [0.4, 0.5) is 0 Å². The van der Waals surface area contributed by atoms with Crippen molar-refractivity contribution >= 4 is 0 Å². The van der Waals surface area contributed by atoms with Crippen LogP contribution in [-0.4, -0.2) is 0 Å². The first-order valence-electron chi connectivity index (χ1n) is 10.9. The van der Waals surface area contributed by atoms with Crippen molar-refractivity contribution in [3.05, 3.63) is 47.5 Å². The molecule has 1 aliphatic rings. The molecule has 1 heteroatoms. The standard InChI is InChI=1S/C25H37N/c1-2-3-9-22-13-15-24(16-14-22)11-6-7-12-25-19-17-23(18-20-25)10-5-4-8-21-26/h4,8,13-16,23,25H,2-3,5-7,9-12,17-20H2,1H3/t23-,25-. The van der Waals surface area contributed by atoms with E-state index in [4.69, 9.17) is 5.26 Å². The van der Waals surface area contributed by atoms with E-state index in [0.717, 1.165) is 18.3 Å². The van der Waals surface area contributed by atoms with Crippen LogP contribution in [0, 0.1) is 23.2 Å². The Morgan fingerprint density at radius 1 is 0.885 bits per heavy atom. The molecule has 0 radical (unpaired) electrons. The summed E-state index contributed by atoms with van der Waals surface area (Å²) in [6, 6.07) is 11.4. The van der Waals surface area contributed by atoms with E-state index in [2.05, 4.69) is 37.3 Å². The number of hydrogen-bond donors (Lipinski definition) is 0. The van der Waals surface area contributed by atoms with E-state index in [9.17, 15) is 0 Å². The van der Waals surface area contributed by atoms with Gasteiger partial charge in [-0.15, -0.1) is 0 Å². The third kappa shape index (κ3) is 8.22. The van der Waals surface area contributed by atoms with Gasteiger partial charge in [0.2, 0.25) is 0 Å². The minimum Gasteiger partial charge on any atom is -0.193 e. The van der Waals surface area contributed by atoms with Crippen molar-refractivity contribution in [2.75, 3.05) is 0 Å². The fourth-order valence-electron chi connectivity index (χ4n) is 4.29. The van der Waals surface area contributed by atoms with Crippen molar-refractivity contribution in [2.45, 2.75) is 90.4 Å². The van der Waals surface area contributed by atoms with E-state index in [1.165, 1.54) is 88.2 Å². The first-order chi connectivity index (χ1) is 12.8. The van der Waals surface area contributed by atoms with Crippen molar-refractivity contribution in [1.29, 1.82) is 5.26 Å². The maximum atomic E-state index is 8.52. The largest absolute Gasteiger partial charge is 0.193 e. The highest BCUT2D eigenvalue weighted by Gasteiger charge is 2.20. The maximum absolute atomic E-state index is 8.52. The molecule has 0 unspecified atom stereocenters. The average Bonchev–Trinajstić information content (AvgIpc) is 2.69. The van der Waals surface area contributed by atoms with Gasteiger partial charge in [0.25, 0.3) is 0 Å². The van der Waals surface area contributed by atoms with Gasteiger partial charge < -0.3 is 0 Å². The summed E-state index contributed by atoms with van der Waals surface area (Å²) < 4.78 is 0. The lowest BCUT2D eigenvalue weighted by molar-refractivity contribution is 0.250. The lowest BCUT2D eigenvalue weighted by Gasteiger charge is -2.28. The van der Waals surface area contributed by atoms with E-state index in [1.54, 1.807) is 6.08 Å². The van der Waals surface area contributed by atoms with E-state index in [0.29, 0.717) is 0 Å². The molecule has 142 valence electrons. The third-order valence-corrected chi connectivity index (χ3v) is 6.07. The number of nitrogens with zero attached hydrogens (tertiary/aromatic N) is 1. The predicted octanol–water partition coefficient (Wildman–Crippen LogP) is 7.41. The molecule has 1 saturated carbocycles. The SMILES string of the molecule is CCCCc1ccc(CCCC[C@H]2CC[C@H](CCC=CC#N)CC2)cc1. The van der Waals surface area contributed by atoms with Gasteiger partial charge in [0.15, 0.2) is 0 Å². The highest BCUT2D eigenvalue weighted by Crippen LogP contribution is 2.34. The fraction of sp³-hybridized carbons (Fsp3) is 0.640. The molecule has 0 aliphatic heterocycles. The third-order valence-electron chi connectivity index (χ3n) is 6.07. The number of benzene rings is 1. The van der Waals surface area contributed by atoms with Crippen LogP contribution < -0.4 is 0 Å². The summed E-state index contributed by atoms with van der Waals surface area (Å²) >= 11 is 0. The number of rotatable bonds is 11. The zero-order valence-electron chi connectivity index (χ0n) is 16.8. The quantitative estimate of drug-likeness (QED) is 0.301. The van der Waals surface area contributed by atoms with Crippen LogP contribution >= 0.6 is 0 Å². The van der Waals surface area contributed by atoms with Crippen molar-refractivity contribution in [1.82, 2.24) is 0 Å². The van der Waals surface area contributed by atoms with E-state index >= 15 is 0 Å². The summed E-state index contributed by atoms with van der Waals surface area (Å²) in [4.78, 5) is 0. The minimum absolute atomic E-state index is 0.904. The lowest BCUT2D eigenvalue weighted by Crippen LogP contribution is -2.14. The Labute approximate surface area is 161 Å². The molecule has 1 aliphatic carbocycles. The fourth-order valence-corrected chi connectivity index (χ4v) is 4.29. The molecule has 26 heavy (non-hydrogen) atoms. The van der Waals surface area contributed by atoms with E-state index < -0.39 is 0 Å². The zero-order valence-corrected chi connectivity index (χ0v) is 16.8. The molecule has 0 heterocycles. The second-order valence-corrected chi connectivity index (χ2v) is 8.16. The van der Waals surface area contributed by atoms with E-state index in [1.807, 2.05) is 6.08 Å². The summed E-state index contributed by atoms with van der Waals surface area (Å²) in [6.07, 6.45) is 20.9. The molecule has 1 fully saturated rings. The highest BCUT2D eigenvalue weighted by molar-refractivity contribution is 5.22. The summed E-state index contributed by atoms with van der Waals surface area (Å²) in [5.41, 5.74) is 3.01. The lowest BCUT2D eigenvalue weighted by atomic mass is 9.78. The average molecular weight is 352 g/mol. The summed E-state index contributed by atoms with van der Waals surface area (Å²) in [5.74, 6) is 1.87. The topological polar surface area (TPSA) is 23.8 Å².